The number of hydrogen-bond donors (Lipinski definition) is 2. The van der Waals surface area contributed by atoms with Gasteiger partial charge in [0.25, 0.3) is 0 Å². The fraction of sp³-hybridized carbons (Fsp3) is 0.0714. The summed E-state index contributed by atoms with van der Waals surface area (Å²) < 4.78 is 53.4. The Morgan fingerprint density at radius 1 is 1.21 bits per heavy atom. The lowest BCUT2D eigenvalue weighted by atomic mass is 10.0. The van der Waals surface area contributed by atoms with Crippen molar-refractivity contribution in [2.75, 3.05) is 16.7 Å². The first-order valence-corrected chi connectivity index (χ1v) is 10.2. The Morgan fingerprint density at radius 2 is 1.96 bits per heavy atom. The highest BCUT2D eigenvalue weighted by atomic mass is 32.2. The van der Waals surface area contributed by atoms with Gasteiger partial charge in [0.1, 0.15) is 5.82 Å². The maximum atomic E-state index is 14.0. The standard InChI is InChI=1S/C14H11F2N3O2S3/c1-24(20,21)19-10-3-2-7(11-6-23-14(17)18-11)4-8(10)12-9(15)5-22-13(12)16/h2-6,19H,1H3,(H2,17,18). The number of halogens is 2. The first-order chi connectivity index (χ1) is 11.2. The van der Waals surface area contributed by atoms with E-state index in [0.29, 0.717) is 27.7 Å². The Kier molecular flexibility index (Phi) is 4.28. The largest absolute Gasteiger partial charge is 0.375 e. The van der Waals surface area contributed by atoms with Gasteiger partial charge >= 0.3 is 0 Å². The van der Waals surface area contributed by atoms with Crippen LogP contribution in [0.25, 0.3) is 22.4 Å². The predicted octanol–water partition coefficient (Wildman–Crippen LogP) is 3.77. The van der Waals surface area contributed by atoms with E-state index in [1.165, 1.54) is 23.5 Å². The van der Waals surface area contributed by atoms with E-state index in [2.05, 4.69) is 9.71 Å². The summed E-state index contributed by atoms with van der Waals surface area (Å²) in [7, 11) is -3.61. The van der Waals surface area contributed by atoms with Crippen molar-refractivity contribution in [1.29, 1.82) is 0 Å². The Bertz CT molecular complexity index is 993. The van der Waals surface area contributed by atoms with Crippen LogP contribution in [0.2, 0.25) is 0 Å². The van der Waals surface area contributed by atoms with Crippen LogP contribution in [0.15, 0.2) is 29.0 Å². The predicted molar refractivity (Wildman–Crippen MR) is 93.7 cm³/mol. The number of thiazole rings is 1. The summed E-state index contributed by atoms with van der Waals surface area (Å²) in [6.45, 7) is 0. The zero-order valence-corrected chi connectivity index (χ0v) is 14.7. The maximum Gasteiger partial charge on any atom is 0.229 e. The molecule has 2 heterocycles. The number of hydrogen-bond acceptors (Lipinski definition) is 6. The van der Waals surface area contributed by atoms with Gasteiger partial charge in [-0.1, -0.05) is 6.07 Å². The van der Waals surface area contributed by atoms with Gasteiger partial charge in [-0.2, -0.15) is 4.39 Å². The summed E-state index contributed by atoms with van der Waals surface area (Å²) in [6.07, 6.45) is 0.964. The zero-order chi connectivity index (χ0) is 17.5. The van der Waals surface area contributed by atoms with Crippen molar-refractivity contribution in [2.45, 2.75) is 0 Å². The van der Waals surface area contributed by atoms with Crippen LogP contribution in [0.3, 0.4) is 0 Å². The summed E-state index contributed by atoms with van der Waals surface area (Å²) in [5.74, 6) is -0.760. The second kappa shape index (κ2) is 6.11. The normalized spacial score (nSPS) is 11.6. The Morgan fingerprint density at radius 3 is 2.50 bits per heavy atom. The van der Waals surface area contributed by atoms with Crippen molar-refractivity contribution in [1.82, 2.24) is 4.98 Å². The minimum absolute atomic E-state index is 0.0839. The molecule has 0 unspecified atom stereocenters. The summed E-state index contributed by atoms with van der Waals surface area (Å²) in [5, 5.41) is 2.36. The van der Waals surface area contributed by atoms with Crippen molar-refractivity contribution < 1.29 is 17.2 Å². The van der Waals surface area contributed by atoms with Gasteiger partial charge in [-0.25, -0.2) is 17.8 Å². The second-order valence-electron chi connectivity index (χ2n) is 4.94. The van der Waals surface area contributed by atoms with Crippen LogP contribution in [0.5, 0.6) is 0 Å². The van der Waals surface area contributed by atoms with Gasteiger partial charge in [0, 0.05) is 21.9 Å². The highest BCUT2D eigenvalue weighted by molar-refractivity contribution is 7.92. The molecule has 0 spiro atoms. The highest BCUT2D eigenvalue weighted by Gasteiger charge is 2.20. The lowest BCUT2D eigenvalue weighted by Crippen LogP contribution is -2.10. The van der Waals surface area contributed by atoms with Crippen molar-refractivity contribution >= 4 is 43.5 Å². The first kappa shape index (κ1) is 16.8. The van der Waals surface area contributed by atoms with Crippen LogP contribution in [0, 0.1) is 10.9 Å². The average molecular weight is 387 g/mol. The molecular weight excluding hydrogens is 376 g/mol. The number of thiophene rings is 1. The van der Waals surface area contributed by atoms with E-state index >= 15 is 0 Å². The molecule has 0 saturated carbocycles. The van der Waals surface area contributed by atoms with Crippen LogP contribution < -0.4 is 10.5 Å². The smallest absolute Gasteiger partial charge is 0.229 e. The van der Waals surface area contributed by atoms with Crippen LogP contribution in [-0.4, -0.2) is 19.7 Å². The monoisotopic (exact) mass is 387 g/mol. The maximum absolute atomic E-state index is 14.0. The number of sulfonamides is 1. The molecule has 1 aromatic carbocycles. The molecule has 5 nitrogen and oxygen atoms in total. The van der Waals surface area contributed by atoms with E-state index < -0.39 is 21.0 Å². The average Bonchev–Trinajstić information content (AvgIpc) is 3.05. The lowest BCUT2D eigenvalue weighted by molar-refractivity contribution is 0.606. The van der Waals surface area contributed by atoms with Gasteiger partial charge in [0.15, 0.2) is 10.3 Å². The summed E-state index contributed by atoms with van der Waals surface area (Å²) >= 11 is 1.84. The molecule has 2 aromatic heterocycles. The summed E-state index contributed by atoms with van der Waals surface area (Å²) in [5.41, 5.74) is 6.62. The fourth-order valence-corrected chi connectivity index (χ4v) is 3.97. The van der Waals surface area contributed by atoms with Gasteiger partial charge in [-0.15, -0.1) is 22.7 Å². The molecule has 3 aromatic rings. The molecule has 3 N–H and O–H groups in total. The summed E-state index contributed by atoms with van der Waals surface area (Å²) in [4.78, 5) is 4.13. The van der Waals surface area contributed by atoms with E-state index in [4.69, 9.17) is 5.73 Å². The van der Waals surface area contributed by atoms with Crippen LogP contribution in [0.1, 0.15) is 0 Å². The van der Waals surface area contributed by atoms with Gasteiger partial charge < -0.3 is 5.73 Å². The third-order valence-electron chi connectivity index (χ3n) is 3.10. The molecule has 0 fully saturated rings. The first-order valence-electron chi connectivity index (χ1n) is 6.50. The minimum atomic E-state index is -3.61. The molecule has 24 heavy (non-hydrogen) atoms. The molecular formula is C14H11F2N3O2S3. The number of benzene rings is 1. The lowest BCUT2D eigenvalue weighted by Gasteiger charge is -2.12. The SMILES string of the molecule is CS(=O)(=O)Nc1ccc(-c2csc(N)n2)cc1-c1c(F)csc1F. The topological polar surface area (TPSA) is 85.1 Å². The third-order valence-corrected chi connectivity index (χ3v) is 5.10. The van der Waals surface area contributed by atoms with E-state index in [-0.39, 0.29) is 16.8 Å². The van der Waals surface area contributed by atoms with E-state index in [9.17, 15) is 17.2 Å². The Hall–Kier alpha value is -2.04. The van der Waals surface area contributed by atoms with Gasteiger partial charge in [0.2, 0.25) is 10.0 Å². The van der Waals surface area contributed by atoms with Crippen LogP contribution in [-0.2, 0) is 10.0 Å². The quantitative estimate of drug-likeness (QED) is 0.714. The molecule has 126 valence electrons. The molecule has 0 aliphatic heterocycles. The highest BCUT2D eigenvalue weighted by Crippen LogP contribution is 2.38. The molecule has 3 rings (SSSR count). The van der Waals surface area contributed by atoms with Gasteiger partial charge in [-0.05, 0) is 12.1 Å². The van der Waals surface area contributed by atoms with Crippen LogP contribution >= 0.6 is 22.7 Å². The molecule has 0 amide bonds. The van der Waals surface area contributed by atoms with Gasteiger partial charge in [0.05, 0.1) is 23.2 Å². The van der Waals surface area contributed by atoms with E-state index in [1.54, 1.807) is 11.4 Å². The van der Waals surface area contributed by atoms with Crippen LogP contribution in [0.4, 0.5) is 19.6 Å². The van der Waals surface area contributed by atoms with E-state index in [1.807, 2.05) is 0 Å². The van der Waals surface area contributed by atoms with Crippen molar-refractivity contribution in [3.05, 3.63) is 39.9 Å². The molecule has 0 aliphatic carbocycles. The van der Waals surface area contributed by atoms with Crippen molar-refractivity contribution in [3.8, 4) is 22.4 Å². The number of nitrogens with one attached hydrogen (secondary N) is 1. The minimum Gasteiger partial charge on any atom is -0.375 e. The zero-order valence-electron chi connectivity index (χ0n) is 12.2. The molecule has 0 saturated heterocycles. The summed E-state index contributed by atoms with van der Waals surface area (Å²) in [6, 6.07) is 4.53. The molecule has 10 heteroatoms. The van der Waals surface area contributed by atoms with Crippen molar-refractivity contribution in [3.63, 3.8) is 0 Å². The third kappa shape index (κ3) is 3.40. The number of nitrogens with zero attached hydrogens (tertiary/aromatic N) is 1. The molecule has 0 atom stereocenters. The van der Waals surface area contributed by atoms with Gasteiger partial charge in [-0.3, -0.25) is 4.72 Å². The van der Waals surface area contributed by atoms with Crippen molar-refractivity contribution in [2.24, 2.45) is 0 Å². The number of nitrogen functional groups attached to an aromatic ring is 1. The number of rotatable bonds is 4. The number of aromatic nitrogens is 1. The molecule has 0 bridgehead atoms. The second-order valence-corrected chi connectivity index (χ2v) is 8.41. The molecule has 0 aliphatic rings. The van der Waals surface area contributed by atoms with E-state index in [0.717, 1.165) is 11.6 Å². The Labute approximate surface area is 144 Å². The number of anilines is 2. The fourth-order valence-electron chi connectivity index (χ4n) is 2.17. The molecule has 0 radical (unpaired) electrons. The Balaban J connectivity index is 2.21. The number of nitrogens with two attached hydrogens (primary N) is 1.